The number of hydrogen-bond donors (Lipinski definition) is 1. The zero-order valence-corrected chi connectivity index (χ0v) is 11.8. The summed E-state index contributed by atoms with van der Waals surface area (Å²) >= 11 is 3.26. The zero-order chi connectivity index (χ0) is 12.3. The van der Waals surface area contributed by atoms with Gasteiger partial charge in [-0.15, -0.1) is 0 Å². The van der Waals surface area contributed by atoms with Crippen LogP contribution in [-0.2, 0) is 10.2 Å². The number of rotatable bonds is 2. The molecule has 0 radical (unpaired) electrons. The molecule has 1 amide bonds. The first-order valence-corrected chi connectivity index (χ1v) is 6.28. The van der Waals surface area contributed by atoms with Gasteiger partial charge in [-0.1, -0.05) is 54.9 Å². The van der Waals surface area contributed by atoms with Crippen molar-refractivity contribution in [2.24, 2.45) is 0 Å². The Kier molecular flexibility index (Phi) is 4.14. The van der Waals surface area contributed by atoms with Crippen LogP contribution in [-0.4, -0.2) is 10.7 Å². The van der Waals surface area contributed by atoms with Gasteiger partial charge in [0, 0.05) is 5.69 Å². The quantitative estimate of drug-likeness (QED) is 0.824. The Hall–Kier alpha value is -0.830. The normalized spacial score (nSPS) is 13.3. The number of para-hydroxylation sites is 1. The summed E-state index contributed by atoms with van der Waals surface area (Å²) in [5, 5.41) is 2.93. The number of halogens is 1. The van der Waals surface area contributed by atoms with Crippen LogP contribution in [0.4, 0.5) is 5.69 Å². The van der Waals surface area contributed by atoms with Crippen LogP contribution < -0.4 is 5.32 Å². The Morgan fingerprint density at radius 3 is 2.38 bits per heavy atom. The summed E-state index contributed by atoms with van der Waals surface area (Å²) in [6.07, 6.45) is 0. The van der Waals surface area contributed by atoms with E-state index in [1.807, 2.05) is 25.1 Å². The molecule has 0 unspecified atom stereocenters. The summed E-state index contributed by atoms with van der Waals surface area (Å²) in [5.74, 6) is -0.0169. The lowest BCUT2D eigenvalue weighted by Gasteiger charge is -2.23. The van der Waals surface area contributed by atoms with Gasteiger partial charge in [0.15, 0.2) is 0 Å². The third-order valence-corrected chi connectivity index (χ3v) is 2.77. The average molecular weight is 284 g/mol. The van der Waals surface area contributed by atoms with Crippen LogP contribution in [0, 0.1) is 0 Å². The maximum absolute atomic E-state index is 11.6. The maximum Gasteiger partial charge on any atom is 0.237 e. The fraction of sp³-hybridized carbons (Fsp3) is 0.462. The molecule has 2 nitrogen and oxygen atoms in total. The highest BCUT2D eigenvalue weighted by atomic mass is 79.9. The maximum atomic E-state index is 11.6. The van der Waals surface area contributed by atoms with E-state index in [1.54, 1.807) is 0 Å². The molecule has 0 bridgehead atoms. The molecule has 1 rings (SSSR count). The summed E-state index contributed by atoms with van der Waals surface area (Å²) < 4.78 is 0. The average Bonchev–Trinajstić information content (AvgIpc) is 2.16. The van der Waals surface area contributed by atoms with E-state index in [0.717, 1.165) is 11.3 Å². The van der Waals surface area contributed by atoms with Gasteiger partial charge in [0.25, 0.3) is 0 Å². The number of carbonyl (C=O) groups excluding carboxylic acids is 1. The van der Waals surface area contributed by atoms with Crippen LogP contribution in [0.15, 0.2) is 24.3 Å². The summed E-state index contributed by atoms with van der Waals surface area (Å²) in [6, 6.07) is 7.92. The Bertz CT molecular complexity index is 380. The van der Waals surface area contributed by atoms with Crippen LogP contribution in [0.1, 0.15) is 33.3 Å². The molecule has 88 valence electrons. The number of hydrogen-bond acceptors (Lipinski definition) is 1. The van der Waals surface area contributed by atoms with E-state index in [0.29, 0.717) is 0 Å². The SMILES string of the molecule is C[C@@H](Br)C(=O)Nc1ccccc1C(C)(C)C. The van der Waals surface area contributed by atoms with Crippen LogP contribution in [0.2, 0.25) is 0 Å². The van der Waals surface area contributed by atoms with Crippen LogP contribution in [0.3, 0.4) is 0 Å². The van der Waals surface area contributed by atoms with Crippen molar-refractivity contribution in [3.8, 4) is 0 Å². The van der Waals surface area contributed by atoms with Crippen molar-refractivity contribution < 1.29 is 4.79 Å². The minimum atomic E-state index is -0.180. The van der Waals surface area contributed by atoms with E-state index in [1.165, 1.54) is 0 Å². The molecule has 0 spiro atoms. The molecule has 1 aromatic carbocycles. The summed E-state index contributed by atoms with van der Waals surface area (Å²) in [5.41, 5.74) is 2.07. The first-order valence-electron chi connectivity index (χ1n) is 5.37. The Labute approximate surface area is 106 Å². The molecule has 0 heterocycles. The van der Waals surface area contributed by atoms with Gasteiger partial charge in [0.2, 0.25) is 5.91 Å². The molecule has 0 aliphatic rings. The fourth-order valence-corrected chi connectivity index (χ4v) is 1.59. The second-order valence-corrected chi connectivity index (χ2v) is 6.27. The molecule has 1 atom stereocenters. The number of amides is 1. The first-order chi connectivity index (χ1) is 7.32. The number of carbonyl (C=O) groups is 1. The number of anilines is 1. The summed E-state index contributed by atoms with van der Waals surface area (Å²) in [6.45, 7) is 8.22. The lowest BCUT2D eigenvalue weighted by molar-refractivity contribution is -0.115. The second kappa shape index (κ2) is 5.00. The van der Waals surface area contributed by atoms with E-state index < -0.39 is 0 Å². The minimum Gasteiger partial charge on any atom is -0.325 e. The topological polar surface area (TPSA) is 29.1 Å². The molecule has 3 heteroatoms. The van der Waals surface area contributed by atoms with Crippen LogP contribution in [0.5, 0.6) is 0 Å². The third-order valence-electron chi connectivity index (χ3n) is 2.35. The van der Waals surface area contributed by atoms with Crippen molar-refractivity contribution in [3.05, 3.63) is 29.8 Å². The number of nitrogens with one attached hydrogen (secondary N) is 1. The van der Waals surface area contributed by atoms with Gasteiger partial charge in [-0.05, 0) is 24.0 Å². The van der Waals surface area contributed by atoms with Gasteiger partial charge in [0.1, 0.15) is 0 Å². The van der Waals surface area contributed by atoms with Gasteiger partial charge < -0.3 is 5.32 Å². The Morgan fingerprint density at radius 2 is 1.88 bits per heavy atom. The largest absolute Gasteiger partial charge is 0.325 e. The Morgan fingerprint density at radius 1 is 1.31 bits per heavy atom. The van der Waals surface area contributed by atoms with E-state index in [4.69, 9.17) is 0 Å². The Balaban J connectivity index is 3.01. The van der Waals surface area contributed by atoms with Crippen molar-refractivity contribution in [2.75, 3.05) is 5.32 Å². The smallest absolute Gasteiger partial charge is 0.237 e. The molecule has 16 heavy (non-hydrogen) atoms. The van der Waals surface area contributed by atoms with Crippen molar-refractivity contribution in [3.63, 3.8) is 0 Å². The molecule has 0 aliphatic carbocycles. The monoisotopic (exact) mass is 283 g/mol. The molecular weight excluding hydrogens is 266 g/mol. The third kappa shape index (κ3) is 3.34. The minimum absolute atomic E-state index is 0.0169. The highest BCUT2D eigenvalue weighted by Gasteiger charge is 2.19. The predicted octanol–water partition coefficient (Wildman–Crippen LogP) is 3.71. The summed E-state index contributed by atoms with van der Waals surface area (Å²) in [7, 11) is 0. The molecular formula is C13H18BrNO. The summed E-state index contributed by atoms with van der Waals surface area (Å²) in [4.78, 5) is 11.5. The van der Waals surface area contributed by atoms with E-state index in [-0.39, 0.29) is 16.1 Å². The molecule has 0 saturated heterocycles. The number of alkyl halides is 1. The van der Waals surface area contributed by atoms with Crippen molar-refractivity contribution >= 4 is 27.5 Å². The van der Waals surface area contributed by atoms with Crippen LogP contribution in [0.25, 0.3) is 0 Å². The van der Waals surface area contributed by atoms with Gasteiger partial charge in [-0.2, -0.15) is 0 Å². The van der Waals surface area contributed by atoms with Crippen molar-refractivity contribution in [1.29, 1.82) is 0 Å². The molecule has 1 N–H and O–H groups in total. The van der Waals surface area contributed by atoms with Gasteiger partial charge in [-0.3, -0.25) is 4.79 Å². The van der Waals surface area contributed by atoms with Crippen molar-refractivity contribution in [1.82, 2.24) is 0 Å². The van der Waals surface area contributed by atoms with E-state index in [2.05, 4.69) is 48.1 Å². The van der Waals surface area contributed by atoms with E-state index in [9.17, 15) is 4.79 Å². The zero-order valence-electron chi connectivity index (χ0n) is 10.2. The highest BCUT2D eigenvalue weighted by Crippen LogP contribution is 2.29. The molecule has 0 saturated carbocycles. The van der Waals surface area contributed by atoms with Gasteiger partial charge >= 0.3 is 0 Å². The number of benzene rings is 1. The predicted molar refractivity (Wildman–Crippen MR) is 72.2 cm³/mol. The lowest BCUT2D eigenvalue weighted by Crippen LogP contribution is -2.23. The van der Waals surface area contributed by atoms with Crippen LogP contribution >= 0.6 is 15.9 Å². The molecule has 1 aromatic rings. The molecule has 0 aliphatic heterocycles. The van der Waals surface area contributed by atoms with Gasteiger partial charge in [-0.25, -0.2) is 0 Å². The fourth-order valence-electron chi connectivity index (χ4n) is 1.48. The van der Waals surface area contributed by atoms with E-state index >= 15 is 0 Å². The highest BCUT2D eigenvalue weighted by molar-refractivity contribution is 9.10. The van der Waals surface area contributed by atoms with Crippen molar-refractivity contribution in [2.45, 2.75) is 37.9 Å². The first kappa shape index (κ1) is 13.2. The lowest BCUT2D eigenvalue weighted by atomic mass is 9.86. The molecule has 0 fully saturated rings. The standard InChI is InChI=1S/C13H18BrNO/c1-9(14)12(16)15-11-8-6-5-7-10(11)13(2,3)4/h5-9H,1-4H3,(H,15,16)/t9-/m1/s1. The molecule has 0 aromatic heterocycles. The van der Waals surface area contributed by atoms with Gasteiger partial charge in [0.05, 0.1) is 4.83 Å². The second-order valence-electron chi connectivity index (χ2n) is 4.90.